The van der Waals surface area contributed by atoms with Crippen LogP contribution < -0.4 is 9.88 Å². The first-order chi connectivity index (χ1) is 9.77. The first kappa shape index (κ1) is 15.9. The van der Waals surface area contributed by atoms with Crippen molar-refractivity contribution in [3.8, 4) is 5.75 Å². The summed E-state index contributed by atoms with van der Waals surface area (Å²) in [6, 6.07) is 7.56. The van der Waals surface area contributed by atoms with Gasteiger partial charge in [0.25, 0.3) is 0 Å². The molecule has 112 valence electrons. The van der Waals surface area contributed by atoms with Crippen molar-refractivity contribution in [2.45, 2.75) is 11.5 Å². The number of rotatable bonds is 4. The van der Waals surface area contributed by atoms with Gasteiger partial charge in [-0.15, -0.1) is 0 Å². The summed E-state index contributed by atoms with van der Waals surface area (Å²) in [5.74, 6) is -1.26. The van der Waals surface area contributed by atoms with E-state index in [1.807, 2.05) is 0 Å². The van der Waals surface area contributed by atoms with Crippen molar-refractivity contribution in [1.82, 2.24) is 0 Å². The van der Waals surface area contributed by atoms with Crippen LogP contribution in [0.1, 0.15) is 5.56 Å². The third kappa shape index (κ3) is 3.99. The second-order valence-corrected chi connectivity index (χ2v) is 6.56. The molecule has 21 heavy (non-hydrogen) atoms. The van der Waals surface area contributed by atoms with Gasteiger partial charge in [-0.25, -0.2) is 22.3 Å². The van der Waals surface area contributed by atoms with Crippen molar-refractivity contribution >= 4 is 26.0 Å². The lowest BCUT2D eigenvalue weighted by molar-refractivity contribution is 0.302. The summed E-state index contributed by atoms with van der Waals surface area (Å²) in [4.78, 5) is -0.622. The Morgan fingerprint density at radius 3 is 2.33 bits per heavy atom. The van der Waals surface area contributed by atoms with Crippen molar-refractivity contribution in [3.05, 3.63) is 58.1 Å². The Morgan fingerprint density at radius 2 is 1.76 bits per heavy atom. The van der Waals surface area contributed by atoms with E-state index in [9.17, 15) is 17.2 Å². The predicted molar refractivity (Wildman–Crippen MR) is 76.2 cm³/mol. The number of nitrogens with two attached hydrogens (primary N) is 1. The molecule has 0 aliphatic heterocycles. The number of sulfonamides is 1. The molecule has 0 aliphatic rings. The number of halogens is 3. The van der Waals surface area contributed by atoms with E-state index in [0.717, 1.165) is 12.1 Å². The van der Waals surface area contributed by atoms with E-state index in [4.69, 9.17) is 9.88 Å². The highest BCUT2D eigenvalue weighted by Crippen LogP contribution is 2.30. The maximum absolute atomic E-state index is 13.7. The van der Waals surface area contributed by atoms with E-state index in [-0.39, 0.29) is 22.6 Å². The predicted octanol–water partition coefficient (Wildman–Crippen LogP) is 2.95. The second-order valence-electron chi connectivity index (χ2n) is 4.17. The highest BCUT2D eigenvalue weighted by molar-refractivity contribution is 9.10. The molecule has 0 amide bonds. The van der Waals surface area contributed by atoms with Gasteiger partial charge in [0.2, 0.25) is 10.0 Å². The van der Waals surface area contributed by atoms with Crippen molar-refractivity contribution in [3.63, 3.8) is 0 Å². The number of hydrogen-bond donors (Lipinski definition) is 1. The molecule has 8 heteroatoms. The second kappa shape index (κ2) is 6.08. The summed E-state index contributed by atoms with van der Waals surface area (Å²) in [5, 5.41) is 4.89. The summed E-state index contributed by atoms with van der Waals surface area (Å²) in [6.45, 7) is 0.0764. The standard InChI is InChI=1S/C13H10BrF2NO3S/c14-10-5-13(21(17,18)19)11(16)6-12(10)20-7-8-1-3-9(15)4-2-8/h1-6H,7H2,(H2,17,18,19). The van der Waals surface area contributed by atoms with Gasteiger partial charge < -0.3 is 4.74 Å². The molecule has 0 radical (unpaired) electrons. The Bertz CT molecular complexity index is 764. The van der Waals surface area contributed by atoms with Crippen molar-refractivity contribution in [2.75, 3.05) is 0 Å². The summed E-state index contributed by atoms with van der Waals surface area (Å²) in [7, 11) is -4.15. The van der Waals surface area contributed by atoms with Crippen LogP contribution in [0.15, 0.2) is 45.8 Å². The lowest BCUT2D eigenvalue weighted by Gasteiger charge is -2.10. The van der Waals surface area contributed by atoms with Crippen molar-refractivity contribution < 1.29 is 21.9 Å². The average molecular weight is 378 g/mol. The molecule has 2 aromatic carbocycles. The molecule has 0 bridgehead atoms. The molecular formula is C13H10BrF2NO3S. The largest absolute Gasteiger partial charge is 0.488 e. The number of benzene rings is 2. The highest BCUT2D eigenvalue weighted by Gasteiger charge is 2.18. The van der Waals surface area contributed by atoms with Crippen LogP contribution in [0.25, 0.3) is 0 Å². The van der Waals surface area contributed by atoms with Gasteiger partial charge in [0.15, 0.2) is 0 Å². The molecule has 0 spiro atoms. The zero-order valence-corrected chi connectivity index (χ0v) is 12.9. The average Bonchev–Trinajstić information content (AvgIpc) is 2.40. The molecule has 0 fully saturated rings. The van der Waals surface area contributed by atoms with Gasteiger partial charge in [-0.05, 0) is 39.7 Å². The molecule has 2 rings (SSSR count). The van der Waals surface area contributed by atoms with Crippen LogP contribution in [-0.4, -0.2) is 8.42 Å². The number of ether oxygens (including phenoxy) is 1. The summed E-state index contributed by atoms with van der Waals surface area (Å²) in [6.07, 6.45) is 0. The fourth-order valence-electron chi connectivity index (χ4n) is 1.58. The van der Waals surface area contributed by atoms with Crippen LogP contribution in [-0.2, 0) is 16.6 Å². The van der Waals surface area contributed by atoms with Gasteiger partial charge in [0.1, 0.15) is 28.9 Å². The molecule has 4 nitrogen and oxygen atoms in total. The fraction of sp³-hybridized carbons (Fsp3) is 0.0769. The Hall–Kier alpha value is -1.51. The lowest BCUT2D eigenvalue weighted by atomic mass is 10.2. The SMILES string of the molecule is NS(=O)(=O)c1cc(Br)c(OCc2ccc(F)cc2)cc1F. The maximum Gasteiger partial charge on any atom is 0.241 e. The van der Waals surface area contributed by atoms with Crippen LogP contribution >= 0.6 is 15.9 Å². The van der Waals surface area contributed by atoms with E-state index in [1.165, 1.54) is 24.3 Å². The zero-order valence-electron chi connectivity index (χ0n) is 10.5. The highest BCUT2D eigenvalue weighted by atomic mass is 79.9. The number of primary sulfonamides is 1. The van der Waals surface area contributed by atoms with E-state index in [1.54, 1.807) is 0 Å². The van der Waals surface area contributed by atoms with E-state index in [0.29, 0.717) is 5.56 Å². The van der Waals surface area contributed by atoms with E-state index < -0.39 is 20.7 Å². The van der Waals surface area contributed by atoms with Gasteiger partial charge in [-0.2, -0.15) is 0 Å². The smallest absolute Gasteiger partial charge is 0.241 e. The van der Waals surface area contributed by atoms with Crippen LogP contribution in [0.4, 0.5) is 8.78 Å². The quantitative estimate of drug-likeness (QED) is 0.890. The monoisotopic (exact) mass is 377 g/mol. The van der Waals surface area contributed by atoms with E-state index in [2.05, 4.69) is 15.9 Å². The Morgan fingerprint density at radius 1 is 1.14 bits per heavy atom. The molecule has 0 heterocycles. The Balaban J connectivity index is 2.21. The molecular weight excluding hydrogens is 368 g/mol. The molecule has 0 aliphatic carbocycles. The Kier molecular flexibility index (Phi) is 4.60. The summed E-state index contributed by atoms with van der Waals surface area (Å²) >= 11 is 3.09. The Labute approximate surface area is 128 Å². The lowest BCUT2D eigenvalue weighted by Crippen LogP contribution is -2.14. The first-order valence-corrected chi connectivity index (χ1v) is 8.00. The molecule has 0 atom stereocenters. The summed E-state index contributed by atoms with van der Waals surface area (Å²) < 4.78 is 54.4. The van der Waals surface area contributed by atoms with Crippen LogP contribution in [0, 0.1) is 11.6 Å². The van der Waals surface area contributed by atoms with Gasteiger partial charge in [-0.3, -0.25) is 0 Å². The minimum Gasteiger partial charge on any atom is -0.488 e. The molecule has 2 N–H and O–H groups in total. The topological polar surface area (TPSA) is 69.4 Å². The minimum atomic E-state index is -4.15. The molecule has 0 saturated heterocycles. The summed E-state index contributed by atoms with van der Waals surface area (Å²) in [5.41, 5.74) is 0.680. The van der Waals surface area contributed by atoms with Gasteiger partial charge in [0.05, 0.1) is 4.47 Å². The van der Waals surface area contributed by atoms with Crippen molar-refractivity contribution in [2.24, 2.45) is 5.14 Å². The first-order valence-electron chi connectivity index (χ1n) is 5.66. The molecule has 0 unspecified atom stereocenters. The zero-order chi connectivity index (χ0) is 15.6. The number of hydrogen-bond acceptors (Lipinski definition) is 3. The molecule has 0 saturated carbocycles. The van der Waals surface area contributed by atoms with Gasteiger partial charge >= 0.3 is 0 Å². The normalized spacial score (nSPS) is 11.4. The third-order valence-electron chi connectivity index (χ3n) is 2.60. The van der Waals surface area contributed by atoms with Crippen LogP contribution in [0.2, 0.25) is 0 Å². The third-order valence-corrected chi connectivity index (χ3v) is 4.15. The van der Waals surface area contributed by atoms with Crippen LogP contribution in [0.3, 0.4) is 0 Å². The minimum absolute atomic E-state index is 0.0764. The fourth-order valence-corrected chi connectivity index (χ4v) is 2.80. The molecule has 0 aromatic heterocycles. The van der Waals surface area contributed by atoms with Gasteiger partial charge in [0, 0.05) is 6.07 Å². The maximum atomic E-state index is 13.7. The van der Waals surface area contributed by atoms with Gasteiger partial charge in [-0.1, -0.05) is 12.1 Å². The van der Waals surface area contributed by atoms with Crippen molar-refractivity contribution in [1.29, 1.82) is 0 Å². The van der Waals surface area contributed by atoms with Crippen LogP contribution in [0.5, 0.6) is 5.75 Å². The molecule has 2 aromatic rings. The van der Waals surface area contributed by atoms with E-state index >= 15 is 0 Å².